The van der Waals surface area contributed by atoms with E-state index in [0.29, 0.717) is 5.56 Å². The van der Waals surface area contributed by atoms with Crippen LogP contribution in [0.4, 0.5) is 0 Å². The standard InChI is InChI=1S/C27H33N5O6/c1-17(33)24(32-23(35)15-12-18-8-4-2-5-9-18)27(38)31-21(16-19-10-6-3-7-11-19)26(37)30-20(25(29)36)13-14-22(28)34/h2-12,15,17,20-21,24,33H,13-14,16H2,1H3,(H2,28,34)(H2,29,36)(H,30,37)(H,31,38)(H,32,35)/b15-12+/t17-,20+,21+,24+/m1/s1. The van der Waals surface area contributed by atoms with Crippen molar-refractivity contribution < 1.29 is 29.1 Å². The summed E-state index contributed by atoms with van der Waals surface area (Å²) in [5.74, 6) is -3.72. The number of aliphatic hydroxyl groups excluding tert-OH is 1. The molecule has 0 aliphatic rings. The van der Waals surface area contributed by atoms with Gasteiger partial charge in [0.15, 0.2) is 0 Å². The lowest BCUT2D eigenvalue weighted by atomic mass is 10.0. The van der Waals surface area contributed by atoms with Gasteiger partial charge in [0.2, 0.25) is 29.5 Å². The van der Waals surface area contributed by atoms with Crippen molar-refractivity contribution in [3.8, 4) is 0 Å². The summed E-state index contributed by atoms with van der Waals surface area (Å²) in [4.78, 5) is 61.6. The van der Waals surface area contributed by atoms with Gasteiger partial charge in [0, 0.05) is 18.9 Å². The first-order valence-corrected chi connectivity index (χ1v) is 12.0. The van der Waals surface area contributed by atoms with Gasteiger partial charge in [-0.1, -0.05) is 60.7 Å². The smallest absolute Gasteiger partial charge is 0.245 e. The van der Waals surface area contributed by atoms with Crippen LogP contribution >= 0.6 is 0 Å². The number of carbonyl (C=O) groups excluding carboxylic acids is 5. The third-order valence-corrected chi connectivity index (χ3v) is 5.54. The minimum Gasteiger partial charge on any atom is -0.391 e. The lowest BCUT2D eigenvalue weighted by Crippen LogP contribution is -2.59. The maximum Gasteiger partial charge on any atom is 0.245 e. The molecule has 0 fully saturated rings. The fourth-order valence-electron chi connectivity index (χ4n) is 3.51. The van der Waals surface area contributed by atoms with Gasteiger partial charge >= 0.3 is 0 Å². The molecule has 0 heterocycles. The van der Waals surface area contributed by atoms with Gasteiger partial charge in [-0.25, -0.2) is 0 Å². The third-order valence-electron chi connectivity index (χ3n) is 5.54. The number of hydrogen-bond donors (Lipinski definition) is 6. The lowest BCUT2D eigenvalue weighted by molar-refractivity contribution is -0.134. The quantitative estimate of drug-likeness (QED) is 0.181. The van der Waals surface area contributed by atoms with Gasteiger partial charge in [-0.2, -0.15) is 0 Å². The highest BCUT2D eigenvalue weighted by Crippen LogP contribution is 2.07. The number of amides is 5. The molecule has 2 rings (SSSR count). The van der Waals surface area contributed by atoms with Crippen LogP contribution in [0, 0.1) is 0 Å². The second-order valence-corrected chi connectivity index (χ2v) is 8.69. The number of primary amides is 2. The summed E-state index contributed by atoms with van der Waals surface area (Å²) in [5, 5.41) is 17.6. The number of rotatable bonds is 14. The van der Waals surface area contributed by atoms with Crippen molar-refractivity contribution in [2.24, 2.45) is 11.5 Å². The van der Waals surface area contributed by atoms with Crippen LogP contribution in [0.5, 0.6) is 0 Å². The molecule has 0 radical (unpaired) electrons. The maximum atomic E-state index is 13.1. The van der Waals surface area contributed by atoms with Crippen LogP contribution in [-0.4, -0.2) is 58.9 Å². The summed E-state index contributed by atoms with van der Waals surface area (Å²) in [6, 6.07) is 14.0. The summed E-state index contributed by atoms with van der Waals surface area (Å²) in [7, 11) is 0. The highest BCUT2D eigenvalue weighted by Gasteiger charge is 2.31. The van der Waals surface area contributed by atoms with E-state index in [-0.39, 0.29) is 19.3 Å². The number of benzene rings is 2. The highest BCUT2D eigenvalue weighted by molar-refractivity contribution is 5.97. The predicted octanol–water partition coefficient (Wildman–Crippen LogP) is -0.471. The number of aliphatic hydroxyl groups is 1. The van der Waals surface area contributed by atoms with E-state index in [2.05, 4.69) is 16.0 Å². The van der Waals surface area contributed by atoms with Crippen molar-refractivity contribution in [3.05, 3.63) is 77.9 Å². The van der Waals surface area contributed by atoms with Gasteiger partial charge in [0.1, 0.15) is 18.1 Å². The average molecular weight is 524 g/mol. The second kappa shape index (κ2) is 14.9. The molecule has 2 aromatic rings. The number of nitrogens with two attached hydrogens (primary N) is 2. The zero-order valence-corrected chi connectivity index (χ0v) is 21.0. The molecule has 0 spiro atoms. The third kappa shape index (κ3) is 10.2. The van der Waals surface area contributed by atoms with Crippen molar-refractivity contribution in [1.29, 1.82) is 0 Å². The maximum absolute atomic E-state index is 13.1. The van der Waals surface area contributed by atoms with E-state index in [1.807, 2.05) is 6.07 Å². The summed E-state index contributed by atoms with van der Waals surface area (Å²) >= 11 is 0. The normalized spacial score (nSPS) is 14.1. The van der Waals surface area contributed by atoms with Crippen molar-refractivity contribution >= 4 is 35.6 Å². The van der Waals surface area contributed by atoms with Gasteiger partial charge in [-0.3, -0.25) is 24.0 Å². The lowest BCUT2D eigenvalue weighted by Gasteiger charge is -2.25. The SMILES string of the molecule is C[C@@H](O)[C@H](NC(=O)/C=C/c1ccccc1)C(=O)N[C@@H](Cc1ccccc1)C(=O)N[C@@H](CCC(N)=O)C(N)=O. The first kappa shape index (κ1) is 29.7. The molecule has 5 amide bonds. The minimum absolute atomic E-state index is 0.0358. The van der Waals surface area contributed by atoms with Crippen LogP contribution in [0.15, 0.2) is 66.7 Å². The molecule has 4 atom stereocenters. The number of carbonyl (C=O) groups is 5. The molecule has 2 aromatic carbocycles. The molecule has 0 aliphatic heterocycles. The summed E-state index contributed by atoms with van der Waals surface area (Å²) in [6.45, 7) is 1.32. The molecule has 0 saturated heterocycles. The summed E-state index contributed by atoms with van der Waals surface area (Å²) in [6.07, 6.45) is 1.22. The van der Waals surface area contributed by atoms with E-state index in [1.165, 1.54) is 13.0 Å². The van der Waals surface area contributed by atoms with Crippen molar-refractivity contribution in [2.75, 3.05) is 0 Å². The zero-order valence-electron chi connectivity index (χ0n) is 21.0. The van der Waals surface area contributed by atoms with Gasteiger partial charge in [-0.15, -0.1) is 0 Å². The zero-order chi connectivity index (χ0) is 28.1. The van der Waals surface area contributed by atoms with Crippen molar-refractivity contribution in [2.45, 2.75) is 50.4 Å². The first-order chi connectivity index (χ1) is 18.1. The Balaban J connectivity index is 2.17. The molecule has 8 N–H and O–H groups in total. The van der Waals surface area contributed by atoms with Gasteiger partial charge in [0.25, 0.3) is 0 Å². The molecule has 0 aliphatic carbocycles. The van der Waals surface area contributed by atoms with Crippen LogP contribution < -0.4 is 27.4 Å². The summed E-state index contributed by atoms with van der Waals surface area (Å²) in [5.41, 5.74) is 12.0. The Labute approximate surface area is 220 Å². The van der Waals surface area contributed by atoms with Crippen LogP contribution in [-0.2, 0) is 30.4 Å². The molecular weight excluding hydrogens is 490 g/mol. The Kier molecular flexibility index (Phi) is 11.7. The first-order valence-electron chi connectivity index (χ1n) is 12.0. The van der Waals surface area contributed by atoms with Gasteiger partial charge in [0.05, 0.1) is 6.10 Å². The topological polar surface area (TPSA) is 194 Å². The molecule has 0 saturated carbocycles. The van der Waals surface area contributed by atoms with E-state index >= 15 is 0 Å². The van der Waals surface area contributed by atoms with E-state index in [4.69, 9.17) is 11.5 Å². The van der Waals surface area contributed by atoms with Crippen LogP contribution in [0.3, 0.4) is 0 Å². The molecule has 0 bridgehead atoms. The minimum atomic E-state index is -1.38. The highest BCUT2D eigenvalue weighted by atomic mass is 16.3. The monoisotopic (exact) mass is 523 g/mol. The molecule has 0 aromatic heterocycles. The van der Waals surface area contributed by atoms with Gasteiger partial charge in [-0.05, 0) is 30.5 Å². The Morgan fingerprint density at radius 3 is 1.97 bits per heavy atom. The molecule has 202 valence electrons. The number of nitrogens with one attached hydrogen (secondary N) is 3. The van der Waals surface area contributed by atoms with E-state index < -0.39 is 53.8 Å². The van der Waals surface area contributed by atoms with E-state index in [9.17, 15) is 29.1 Å². The molecule has 0 unspecified atom stereocenters. The average Bonchev–Trinajstić information content (AvgIpc) is 2.88. The Morgan fingerprint density at radius 1 is 0.842 bits per heavy atom. The Bertz CT molecular complexity index is 1140. The van der Waals surface area contributed by atoms with E-state index in [0.717, 1.165) is 5.56 Å². The summed E-state index contributed by atoms with van der Waals surface area (Å²) < 4.78 is 0. The van der Waals surface area contributed by atoms with Crippen molar-refractivity contribution in [3.63, 3.8) is 0 Å². The van der Waals surface area contributed by atoms with Crippen LogP contribution in [0.1, 0.15) is 30.9 Å². The van der Waals surface area contributed by atoms with E-state index in [1.54, 1.807) is 60.7 Å². The fourth-order valence-corrected chi connectivity index (χ4v) is 3.51. The second-order valence-electron chi connectivity index (χ2n) is 8.69. The molecule has 11 heteroatoms. The fraction of sp³-hybridized carbons (Fsp3) is 0.296. The predicted molar refractivity (Wildman–Crippen MR) is 141 cm³/mol. The molecule has 11 nitrogen and oxygen atoms in total. The Hall–Kier alpha value is -4.51. The van der Waals surface area contributed by atoms with Crippen molar-refractivity contribution in [1.82, 2.24) is 16.0 Å². The molecular formula is C27H33N5O6. The largest absolute Gasteiger partial charge is 0.391 e. The molecule has 38 heavy (non-hydrogen) atoms. The Morgan fingerprint density at radius 2 is 1.42 bits per heavy atom. The van der Waals surface area contributed by atoms with Crippen LogP contribution in [0.25, 0.3) is 6.08 Å². The van der Waals surface area contributed by atoms with Crippen LogP contribution in [0.2, 0.25) is 0 Å². The van der Waals surface area contributed by atoms with Gasteiger partial charge < -0.3 is 32.5 Å². The number of hydrogen-bond acceptors (Lipinski definition) is 6.